The van der Waals surface area contributed by atoms with Crippen LogP contribution in [0.5, 0.6) is 17.2 Å². The van der Waals surface area contributed by atoms with E-state index in [-0.39, 0.29) is 12.5 Å². The Balaban J connectivity index is 1.62. The molecule has 0 saturated carbocycles. The van der Waals surface area contributed by atoms with Gasteiger partial charge in [-0.3, -0.25) is 10.1 Å². The fourth-order valence-corrected chi connectivity index (χ4v) is 3.32. The highest BCUT2D eigenvalue weighted by atomic mass is 35.5. The molecule has 0 atom stereocenters. The fraction of sp³-hybridized carbons (Fsp3) is 0.158. The molecule has 0 spiro atoms. The lowest BCUT2D eigenvalue weighted by atomic mass is 10.2. The number of methoxy groups -OCH3 is 2. The second-order valence-corrected chi connectivity index (χ2v) is 6.64. The van der Waals surface area contributed by atoms with Gasteiger partial charge in [0.05, 0.1) is 24.9 Å². The first kappa shape index (κ1) is 19.0. The van der Waals surface area contributed by atoms with E-state index in [0.29, 0.717) is 33.1 Å². The Morgan fingerprint density at radius 1 is 1.11 bits per heavy atom. The van der Waals surface area contributed by atoms with E-state index in [1.165, 1.54) is 11.3 Å². The van der Waals surface area contributed by atoms with E-state index in [2.05, 4.69) is 10.3 Å². The molecule has 140 valence electrons. The van der Waals surface area contributed by atoms with E-state index in [4.69, 9.17) is 25.8 Å². The first-order valence-electron chi connectivity index (χ1n) is 7.96. The molecule has 6 nitrogen and oxygen atoms in total. The monoisotopic (exact) mass is 404 g/mol. The van der Waals surface area contributed by atoms with Gasteiger partial charge < -0.3 is 14.2 Å². The molecule has 1 N–H and O–H groups in total. The maximum absolute atomic E-state index is 12.1. The summed E-state index contributed by atoms with van der Waals surface area (Å²) in [6.45, 7) is -0.149. The van der Waals surface area contributed by atoms with E-state index in [9.17, 15) is 4.79 Å². The van der Waals surface area contributed by atoms with Gasteiger partial charge in [0.2, 0.25) is 0 Å². The minimum atomic E-state index is -0.311. The average Bonchev–Trinajstić information content (AvgIpc) is 3.15. The molecule has 27 heavy (non-hydrogen) atoms. The minimum Gasteiger partial charge on any atom is -0.495 e. The molecule has 2 aromatic carbocycles. The fourth-order valence-electron chi connectivity index (χ4n) is 2.33. The van der Waals surface area contributed by atoms with Crippen LogP contribution in [0.2, 0.25) is 5.02 Å². The van der Waals surface area contributed by atoms with Crippen LogP contribution in [0.4, 0.5) is 5.13 Å². The van der Waals surface area contributed by atoms with Gasteiger partial charge in [0.1, 0.15) is 5.75 Å². The molecule has 0 aliphatic carbocycles. The molecular formula is C19H17ClN2O4S. The summed E-state index contributed by atoms with van der Waals surface area (Å²) in [7, 11) is 3.11. The largest absolute Gasteiger partial charge is 0.495 e. The van der Waals surface area contributed by atoms with Crippen LogP contribution in [0.3, 0.4) is 0 Å². The lowest BCUT2D eigenvalue weighted by Gasteiger charge is -2.09. The average molecular weight is 405 g/mol. The predicted octanol–water partition coefficient (Wildman–Crippen LogP) is 4.50. The molecule has 3 rings (SSSR count). The standard InChI is InChI=1S/C19H17ClN2O4S/c1-24-15-8-7-12(9-13(15)20)14-11-27-19(21-14)22-18(23)10-26-17-6-4-3-5-16(17)25-2/h3-9,11H,10H2,1-2H3,(H,21,22,23). The highest BCUT2D eigenvalue weighted by Gasteiger charge is 2.11. The molecule has 0 bridgehead atoms. The summed E-state index contributed by atoms with van der Waals surface area (Å²) in [5, 5.41) is 5.54. The first-order chi connectivity index (χ1) is 13.1. The van der Waals surface area contributed by atoms with Gasteiger partial charge in [-0.1, -0.05) is 23.7 Å². The Hall–Kier alpha value is -2.77. The third kappa shape index (κ3) is 4.69. The smallest absolute Gasteiger partial charge is 0.264 e. The summed E-state index contributed by atoms with van der Waals surface area (Å²) < 4.78 is 15.8. The van der Waals surface area contributed by atoms with Crippen LogP contribution in [-0.4, -0.2) is 31.7 Å². The number of halogens is 1. The topological polar surface area (TPSA) is 69.7 Å². The molecule has 1 heterocycles. The number of hydrogen-bond acceptors (Lipinski definition) is 6. The van der Waals surface area contributed by atoms with Crippen molar-refractivity contribution in [2.75, 3.05) is 26.1 Å². The number of rotatable bonds is 7. The number of para-hydroxylation sites is 2. The van der Waals surface area contributed by atoms with Gasteiger partial charge in [-0.15, -0.1) is 11.3 Å². The van der Waals surface area contributed by atoms with Gasteiger partial charge in [-0.05, 0) is 30.3 Å². The Bertz CT molecular complexity index is 945. The normalized spacial score (nSPS) is 10.3. The number of amides is 1. The van der Waals surface area contributed by atoms with Gasteiger partial charge >= 0.3 is 0 Å². The second kappa shape index (κ2) is 8.75. The summed E-state index contributed by atoms with van der Waals surface area (Å²) in [6, 6.07) is 12.5. The van der Waals surface area contributed by atoms with Crippen molar-refractivity contribution in [3.05, 3.63) is 52.9 Å². The quantitative estimate of drug-likeness (QED) is 0.628. The molecule has 0 fully saturated rings. The molecule has 0 aliphatic rings. The Morgan fingerprint density at radius 3 is 2.56 bits per heavy atom. The van der Waals surface area contributed by atoms with Crippen LogP contribution >= 0.6 is 22.9 Å². The third-order valence-corrected chi connectivity index (χ3v) is 4.68. The number of carbonyl (C=O) groups is 1. The van der Waals surface area contributed by atoms with Crippen molar-refractivity contribution in [1.29, 1.82) is 0 Å². The molecule has 0 radical (unpaired) electrons. The third-order valence-electron chi connectivity index (χ3n) is 3.63. The van der Waals surface area contributed by atoms with Gasteiger partial charge in [0.15, 0.2) is 23.2 Å². The van der Waals surface area contributed by atoms with Crippen LogP contribution in [0.15, 0.2) is 47.8 Å². The second-order valence-electron chi connectivity index (χ2n) is 5.37. The van der Waals surface area contributed by atoms with Crippen molar-refractivity contribution in [2.24, 2.45) is 0 Å². The molecule has 1 aromatic heterocycles. The molecule has 8 heteroatoms. The molecule has 0 aliphatic heterocycles. The number of aromatic nitrogens is 1. The van der Waals surface area contributed by atoms with Gasteiger partial charge in [0, 0.05) is 10.9 Å². The number of nitrogens with zero attached hydrogens (tertiary/aromatic N) is 1. The van der Waals surface area contributed by atoms with Crippen LogP contribution in [0.25, 0.3) is 11.3 Å². The van der Waals surface area contributed by atoms with Crippen molar-refractivity contribution in [3.63, 3.8) is 0 Å². The maximum atomic E-state index is 12.1. The lowest BCUT2D eigenvalue weighted by molar-refractivity contribution is -0.118. The van der Waals surface area contributed by atoms with Crippen molar-refractivity contribution >= 4 is 34.0 Å². The van der Waals surface area contributed by atoms with Crippen molar-refractivity contribution in [3.8, 4) is 28.5 Å². The van der Waals surface area contributed by atoms with E-state index in [0.717, 1.165) is 5.56 Å². The van der Waals surface area contributed by atoms with Crippen LogP contribution < -0.4 is 19.5 Å². The molecule has 3 aromatic rings. The zero-order valence-electron chi connectivity index (χ0n) is 14.7. The predicted molar refractivity (Wildman–Crippen MR) is 106 cm³/mol. The highest BCUT2D eigenvalue weighted by Crippen LogP contribution is 2.32. The number of hydrogen-bond donors (Lipinski definition) is 1. The molecule has 0 unspecified atom stereocenters. The molecule has 0 saturated heterocycles. The minimum absolute atomic E-state index is 0.149. The Kier molecular flexibility index (Phi) is 6.16. The number of thiazole rings is 1. The van der Waals surface area contributed by atoms with Crippen LogP contribution in [-0.2, 0) is 4.79 Å². The Morgan fingerprint density at radius 2 is 1.85 bits per heavy atom. The van der Waals surface area contributed by atoms with E-state index in [1.54, 1.807) is 38.5 Å². The number of carbonyl (C=O) groups excluding carboxylic acids is 1. The van der Waals surface area contributed by atoms with Crippen LogP contribution in [0, 0.1) is 0 Å². The summed E-state index contributed by atoms with van der Waals surface area (Å²) in [6.07, 6.45) is 0. The van der Waals surface area contributed by atoms with Gasteiger partial charge in [-0.25, -0.2) is 4.98 Å². The zero-order chi connectivity index (χ0) is 19.2. The zero-order valence-corrected chi connectivity index (χ0v) is 16.3. The summed E-state index contributed by atoms with van der Waals surface area (Å²) in [4.78, 5) is 16.5. The van der Waals surface area contributed by atoms with E-state index >= 15 is 0 Å². The highest BCUT2D eigenvalue weighted by molar-refractivity contribution is 7.14. The molecule has 1 amide bonds. The first-order valence-corrected chi connectivity index (χ1v) is 9.21. The number of nitrogens with one attached hydrogen (secondary N) is 1. The number of benzene rings is 2. The molecular weight excluding hydrogens is 388 g/mol. The summed E-state index contributed by atoms with van der Waals surface area (Å²) in [5.74, 6) is 1.35. The SMILES string of the molecule is COc1ccc(-c2csc(NC(=O)COc3ccccc3OC)n2)cc1Cl. The van der Waals surface area contributed by atoms with Crippen LogP contribution in [0.1, 0.15) is 0 Å². The van der Waals surface area contributed by atoms with E-state index < -0.39 is 0 Å². The van der Waals surface area contributed by atoms with Crippen molar-refractivity contribution in [1.82, 2.24) is 4.98 Å². The van der Waals surface area contributed by atoms with E-state index in [1.807, 2.05) is 23.6 Å². The van der Waals surface area contributed by atoms with Gasteiger partial charge in [-0.2, -0.15) is 0 Å². The lowest BCUT2D eigenvalue weighted by Crippen LogP contribution is -2.20. The van der Waals surface area contributed by atoms with Crippen molar-refractivity contribution < 1.29 is 19.0 Å². The summed E-state index contributed by atoms with van der Waals surface area (Å²) in [5.41, 5.74) is 1.55. The summed E-state index contributed by atoms with van der Waals surface area (Å²) >= 11 is 7.47. The Labute approximate surface area is 165 Å². The maximum Gasteiger partial charge on any atom is 0.264 e. The number of anilines is 1. The number of ether oxygens (including phenoxy) is 3. The van der Waals surface area contributed by atoms with Gasteiger partial charge in [0.25, 0.3) is 5.91 Å². The van der Waals surface area contributed by atoms with Crippen molar-refractivity contribution in [2.45, 2.75) is 0 Å².